The predicted molar refractivity (Wildman–Crippen MR) is 120 cm³/mol. The maximum atomic E-state index is 12.6. The second-order valence-electron chi connectivity index (χ2n) is 6.95. The normalized spacial score (nSPS) is 12.0. The number of aryl methyl sites for hydroxylation is 2. The van der Waals surface area contributed by atoms with Crippen molar-refractivity contribution in [3.63, 3.8) is 0 Å². The van der Waals surface area contributed by atoms with E-state index < -0.39 is 10.0 Å². The minimum Gasteiger partial charge on any atom is -0.436 e. The molecule has 0 amide bonds. The van der Waals surface area contributed by atoms with Crippen LogP contribution >= 0.6 is 0 Å². The first-order valence-corrected chi connectivity index (χ1v) is 11.1. The van der Waals surface area contributed by atoms with E-state index in [1.165, 1.54) is 18.3 Å². The van der Waals surface area contributed by atoms with Gasteiger partial charge in [0.15, 0.2) is 11.9 Å². The summed E-state index contributed by atoms with van der Waals surface area (Å²) in [7, 11) is -3.86. The number of rotatable bonds is 7. The Hall–Kier alpha value is -4.05. The van der Waals surface area contributed by atoms with Gasteiger partial charge in [-0.1, -0.05) is 12.1 Å². The van der Waals surface area contributed by atoms with Gasteiger partial charge in [-0.05, 0) is 56.3 Å². The van der Waals surface area contributed by atoms with Crippen molar-refractivity contribution in [1.29, 1.82) is 0 Å². The van der Waals surface area contributed by atoms with Crippen LogP contribution < -0.4 is 10.0 Å². The van der Waals surface area contributed by atoms with Gasteiger partial charge in [-0.15, -0.1) is 0 Å². The summed E-state index contributed by atoms with van der Waals surface area (Å²) in [5.41, 5.74) is 3.32. The smallest absolute Gasteiger partial charge is 0.264 e. The van der Waals surface area contributed by atoms with E-state index in [4.69, 9.17) is 4.42 Å². The Kier molecular flexibility index (Phi) is 5.69. The first kappa shape index (κ1) is 21.2. The van der Waals surface area contributed by atoms with Crippen LogP contribution in [0.4, 0.5) is 11.6 Å². The number of allylic oxidation sites excluding steroid dienone is 1. The van der Waals surface area contributed by atoms with Crippen LogP contribution in [0.25, 0.3) is 16.7 Å². The van der Waals surface area contributed by atoms with E-state index in [0.717, 1.165) is 0 Å². The molecule has 2 aromatic heterocycles. The Morgan fingerprint density at radius 3 is 2.31 bits per heavy atom. The molecule has 2 heterocycles. The van der Waals surface area contributed by atoms with Crippen LogP contribution in [-0.4, -0.2) is 29.7 Å². The van der Waals surface area contributed by atoms with Crippen LogP contribution in [0.2, 0.25) is 0 Å². The summed E-state index contributed by atoms with van der Waals surface area (Å²) >= 11 is 0. The molecule has 9 nitrogen and oxygen atoms in total. The number of nitrogens with zero attached hydrogens (tertiary/aromatic N) is 3. The average molecular weight is 449 g/mol. The van der Waals surface area contributed by atoms with Crippen molar-refractivity contribution in [2.24, 2.45) is 0 Å². The monoisotopic (exact) mass is 449 g/mol. The highest BCUT2D eigenvalue weighted by atomic mass is 32.2. The third-order valence-electron chi connectivity index (χ3n) is 4.43. The lowest BCUT2D eigenvalue weighted by Gasteiger charge is -2.09. The molecule has 0 aliphatic rings. The molecule has 0 spiro atoms. The molecule has 0 bridgehead atoms. The number of sulfonamides is 1. The van der Waals surface area contributed by atoms with Crippen LogP contribution in [-0.2, 0) is 14.8 Å². The van der Waals surface area contributed by atoms with E-state index in [0.29, 0.717) is 34.5 Å². The van der Waals surface area contributed by atoms with Gasteiger partial charge >= 0.3 is 0 Å². The minimum atomic E-state index is -3.86. The molecule has 0 aliphatic heterocycles. The topological polar surface area (TPSA) is 127 Å². The van der Waals surface area contributed by atoms with Gasteiger partial charge in [0.2, 0.25) is 11.8 Å². The molecular weight excluding hydrogens is 430 g/mol. The molecule has 0 unspecified atom stereocenters. The fourth-order valence-electron chi connectivity index (χ4n) is 2.98. The minimum absolute atomic E-state index is 0.0154. The highest BCUT2D eigenvalue weighted by Gasteiger charge is 2.16. The first-order valence-electron chi connectivity index (χ1n) is 9.57. The van der Waals surface area contributed by atoms with E-state index in [1.807, 2.05) is 12.1 Å². The van der Waals surface area contributed by atoms with Crippen LogP contribution in [0.1, 0.15) is 17.3 Å². The molecule has 32 heavy (non-hydrogen) atoms. The predicted octanol–water partition coefficient (Wildman–Crippen LogP) is 3.69. The summed E-state index contributed by atoms with van der Waals surface area (Å²) in [5, 5.41) is 2.95. The lowest BCUT2D eigenvalue weighted by Crippen LogP contribution is -2.15. The maximum Gasteiger partial charge on any atom is 0.264 e. The molecule has 0 aliphatic carbocycles. The number of nitrogens with one attached hydrogen (secondary N) is 2. The van der Waals surface area contributed by atoms with Crippen LogP contribution in [0.5, 0.6) is 0 Å². The van der Waals surface area contributed by atoms with Crippen molar-refractivity contribution in [2.45, 2.75) is 18.7 Å². The Balaban J connectivity index is 1.50. The number of oxazole rings is 1. The summed E-state index contributed by atoms with van der Waals surface area (Å²) in [6.45, 7) is 3.52. The zero-order valence-electron chi connectivity index (χ0n) is 17.2. The average Bonchev–Trinajstić information content (AvgIpc) is 3.17. The lowest BCUT2D eigenvalue weighted by molar-refractivity contribution is -0.103. The summed E-state index contributed by atoms with van der Waals surface area (Å²) in [5.74, 6) is 0.201. The molecule has 0 radical (unpaired) electrons. The standard InChI is InChI=1S/C22H19N5O4S/c1-14-11-15(2)25-22(24-14)27-32(29,30)18-9-7-17(8-10-18)23-12-16(13-28)21-26-19-5-3-4-6-20(19)31-21/h3-13,23H,1-2H3,(H,24,25,27)/b16-12+. The number of fused-ring (bicyclic) bond motifs is 1. The molecule has 4 rings (SSSR count). The summed E-state index contributed by atoms with van der Waals surface area (Å²) < 4.78 is 33.2. The number of hydrogen-bond donors (Lipinski definition) is 2. The molecule has 0 saturated carbocycles. The fourth-order valence-corrected chi connectivity index (χ4v) is 3.93. The SMILES string of the molecule is Cc1cc(C)nc(NS(=O)(=O)c2ccc(N/C=C(\C=O)c3nc4ccccc4o3)cc2)n1. The number of aldehydes is 1. The molecule has 10 heteroatoms. The van der Waals surface area contributed by atoms with Crippen molar-refractivity contribution in [3.05, 3.63) is 78.1 Å². The van der Waals surface area contributed by atoms with Gasteiger partial charge in [-0.25, -0.2) is 28.1 Å². The Morgan fingerprint density at radius 2 is 1.66 bits per heavy atom. The Bertz CT molecular complexity index is 1370. The van der Waals surface area contributed by atoms with Crippen LogP contribution in [0.15, 0.2) is 70.1 Å². The van der Waals surface area contributed by atoms with Crippen molar-refractivity contribution >= 4 is 44.6 Å². The molecule has 4 aromatic rings. The molecular formula is C22H19N5O4S. The van der Waals surface area contributed by atoms with E-state index in [2.05, 4.69) is 25.0 Å². The highest BCUT2D eigenvalue weighted by Crippen LogP contribution is 2.21. The molecule has 0 saturated heterocycles. The number of aromatic nitrogens is 3. The van der Waals surface area contributed by atoms with Crippen molar-refractivity contribution in [1.82, 2.24) is 15.0 Å². The van der Waals surface area contributed by atoms with Gasteiger partial charge in [-0.2, -0.15) is 0 Å². The lowest BCUT2D eigenvalue weighted by atomic mass is 10.3. The number of anilines is 2. The van der Waals surface area contributed by atoms with Gasteiger partial charge < -0.3 is 9.73 Å². The van der Waals surface area contributed by atoms with Crippen molar-refractivity contribution < 1.29 is 17.6 Å². The van der Waals surface area contributed by atoms with Gasteiger partial charge in [0.25, 0.3) is 10.0 Å². The molecule has 0 atom stereocenters. The second kappa shape index (κ2) is 8.60. The molecule has 2 N–H and O–H groups in total. The van der Waals surface area contributed by atoms with E-state index >= 15 is 0 Å². The zero-order chi connectivity index (χ0) is 22.7. The Morgan fingerprint density at radius 1 is 0.969 bits per heavy atom. The summed E-state index contributed by atoms with van der Waals surface area (Å²) in [6.07, 6.45) is 2.08. The molecule has 162 valence electrons. The second-order valence-corrected chi connectivity index (χ2v) is 8.64. The number of hydrogen-bond acceptors (Lipinski definition) is 8. The van der Waals surface area contributed by atoms with Crippen LogP contribution in [0, 0.1) is 13.8 Å². The third-order valence-corrected chi connectivity index (χ3v) is 5.78. The number of carbonyl (C=O) groups is 1. The van der Waals surface area contributed by atoms with Gasteiger partial charge in [0.05, 0.1) is 10.5 Å². The number of benzene rings is 2. The highest BCUT2D eigenvalue weighted by molar-refractivity contribution is 7.92. The number of para-hydroxylation sites is 2. The summed E-state index contributed by atoms with van der Waals surface area (Å²) in [4.78, 5) is 24.0. The van der Waals surface area contributed by atoms with Crippen LogP contribution in [0.3, 0.4) is 0 Å². The van der Waals surface area contributed by atoms with E-state index in [-0.39, 0.29) is 22.3 Å². The maximum absolute atomic E-state index is 12.6. The van der Waals surface area contributed by atoms with Crippen molar-refractivity contribution in [2.75, 3.05) is 10.0 Å². The quantitative estimate of drug-likeness (QED) is 0.323. The van der Waals surface area contributed by atoms with Crippen molar-refractivity contribution in [3.8, 4) is 0 Å². The first-order chi connectivity index (χ1) is 15.3. The van der Waals surface area contributed by atoms with Gasteiger partial charge in [0, 0.05) is 23.3 Å². The summed E-state index contributed by atoms with van der Waals surface area (Å²) in [6, 6.07) is 14.9. The largest absolute Gasteiger partial charge is 0.436 e. The number of carbonyl (C=O) groups excluding carboxylic acids is 1. The van der Waals surface area contributed by atoms with E-state index in [1.54, 1.807) is 44.2 Å². The fraction of sp³-hybridized carbons (Fsp3) is 0.0909. The van der Waals surface area contributed by atoms with E-state index in [9.17, 15) is 13.2 Å². The zero-order valence-corrected chi connectivity index (χ0v) is 18.1. The van der Waals surface area contributed by atoms with Gasteiger partial charge in [-0.3, -0.25) is 4.79 Å². The molecule has 0 fully saturated rings. The molecule has 2 aromatic carbocycles. The van der Waals surface area contributed by atoms with Gasteiger partial charge in [0.1, 0.15) is 5.52 Å². The Labute approximate surface area is 184 Å². The third kappa shape index (κ3) is 4.65.